The number of benzene rings is 2. The Morgan fingerprint density at radius 1 is 1.06 bits per heavy atom. The molecule has 3 rings (SSSR count). The van der Waals surface area contributed by atoms with Gasteiger partial charge in [-0.1, -0.05) is 36.4 Å². The van der Waals surface area contributed by atoms with Crippen LogP contribution >= 0.6 is 0 Å². The minimum atomic E-state index is 0.0628. The van der Waals surface area contributed by atoms with E-state index in [0.29, 0.717) is 0 Å². The molecule has 1 aliphatic rings. The summed E-state index contributed by atoms with van der Waals surface area (Å²) < 4.78 is 0. The van der Waals surface area contributed by atoms with Gasteiger partial charge in [-0.05, 0) is 41.7 Å². The van der Waals surface area contributed by atoms with Gasteiger partial charge >= 0.3 is 0 Å². The van der Waals surface area contributed by atoms with E-state index in [4.69, 9.17) is 0 Å². The topological polar surface area (TPSA) is 20.2 Å². The van der Waals surface area contributed by atoms with Crippen LogP contribution in [-0.2, 0) is 5.41 Å². The van der Waals surface area contributed by atoms with E-state index >= 15 is 0 Å². The highest BCUT2D eigenvalue weighted by molar-refractivity contribution is 5.89. The molecule has 0 aliphatic heterocycles. The average molecular weight is 212 g/mol. The van der Waals surface area contributed by atoms with Crippen LogP contribution in [0.1, 0.15) is 24.0 Å². The van der Waals surface area contributed by atoms with Gasteiger partial charge in [0.2, 0.25) is 0 Å². The van der Waals surface area contributed by atoms with Crippen molar-refractivity contribution >= 4 is 10.8 Å². The van der Waals surface area contributed by atoms with Crippen LogP contribution in [0.4, 0.5) is 0 Å². The predicted molar refractivity (Wildman–Crippen MR) is 66.7 cm³/mol. The molecule has 1 heteroatoms. The largest absolute Gasteiger partial charge is 0.395 e. The second kappa shape index (κ2) is 3.33. The van der Waals surface area contributed by atoms with E-state index in [2.05, 4.69) is 43.3 Å². The van der Waals surface area contributed by atoms with E-state index in [-0.39, 0.29) is 12.0 Å². The first kappa shape index (κ1) is 9.86. The first-order chi connectivity index (χ1) is 7.77. The summed E-state index contributed by atoms with van der Waals surface area (Å²) in [6.07, 6.45) is 2.24. The van der Waals surface area contributed by atoms with Gasteiger partial charge in [0.15, 0.2) is 0 Å². The normalized spacial score (nSPS) is 17.6. The van der Waals surface area contributed by atoms with Crippen molar-refractivity contribution < 1.29 is 5.11 Å². The van der Waals surface area contributed by atoms with E-state index in [1.54, 1.807) is 0 Å². The molecule has 1 nitrogen and oxygen atoms in total. The van der Waals surface area contributed by atoms with Crippen LogP contribution in [0.15, 0.2) is 36.4 Å². The molecule has 0 spiro atoms. The lowest BCUT2D eigenvalue weighted by Gasteiger charge is -2.16. The highest BCUT2D eigenvalue weighted by Crippen LogP contribution is 2.49. The molecule has 82 valence electrons. The van der Waals surface area contributed by atoms with E-state index in [1.165, 1.54) is 21.9 Å². The Kier molecular flexibility index (Phi) is 2.05. The van der Waals surface area contributed by atoms with Gasteiger partial charge in [0, 0.05) is 5.41 Å². The Labute approximate surface area is 95.7 Å². The predicted octanol–water partition coefficient (Wildman–Crippen LogP) is 3.17. The Balaban J connectivity index is 2.30. The summed E-state index contributed by atoms with van der Waals surface area (Å²) >= 11 is 0. The van der Waals surface area contributed by atoms with Crippen LogP contribution in [-0.4, -0.2) is 11.7 Å². The lowest BCUT2D eigenvalue weighted by molar-refractivity contribution is 0.256. The van der Waals surface area contributed by atoms with Crippen molar-refractivity contribution in [1.29, 1.82) is 0 Å². The number of hydrogen-bond acceptors (Lipinski definition) is 1. The minimum absolute atomic E-state index is 0.0628. The SMILES string of the molecule is Cc1cccc2c(C3(CO)CC3)cccc12. The Morgan fingerprint density at radius 2 is 1.75 bits per heavy atom. The third kappa shape index (κ3) is 1.28. The molecule has 1 aliphatic carbocycles. The quantitative estimate of drug-likeness (QED) is 0.810. The fourth-order valence-corrected chi connectivity index (χ4v) is 2.59. The fourth-order valence-electron chi connectivity index (χ4n) is 2.59. The van der Waals surface area contributed by atoms with Crippen LogP contribution in [0.5, 0.6) is 0 Å². The maximum Gasteiger partial charge on any atom is 0.0528 e. The third-order valence-electron chi connectivity index (χ3n) is 3.87. The molecule has 2 aromatic rings. The van der Waals surface area contributed by atoms with Crippen molar-refractivity contribution in [3.63, 3.8) is 0 Å². The van der Waals surface area contributed by atoms with Gasteiger partial charge in [0.25, 0.3) is 0 Å². The molecule has 1 N–H and O–H groups in total. The van der Waals surface area contributed by atoms with E-state index in [9.17, 15) is 5.11 Å². The third-order valence-corrected chi connectivity index (χ3v) is 3.87. The van der Waals surface area contributed by atoms with Gasteiger partial charge in [-0.25, -0.2) is 0 Å². The second-order valence-corrected chi connectivity index (χ2v) is 4.91. The number of fused-ring (bicyclic) bond motifs is 1. The molecular weight excluding hydrogens is 196 g/mol. The highest BCUT2D eigenvalue weighted by Gasteiger charge is 2.44. The molecule has 16 heavy (non-hydrogen) atoms. The van der Waals surface area contributed by atoms with E-state index < -0.39 is 0 Å². The Bertz CT molecular complexity index is 538. The van der Waals surface area contributed by atoms with Gasteiger partial charge in [-0.2, -0.15) is 0 Å². The summed E-state index contributed by atoms with van der Waals surface area (Å²) in [5, 5.41) is 12.2. The molecule has 0 bridgehead atoms. The lowest BCUT2D eigenvalue weighted by atomic mass is 9.90. The summed E-state index contributed by atoms with van der Waals surface area (Å²) in [7, 11) is 0. The first-order valence-electron chi connectivity index (χ1n) is 5.86. The van der Waals surface area contributed by atoms with Crippen molar-refractivity contribution in [1.82, 2.24) is 0 Å². The lowest BCUT2D eigenvalue weighted by Crippen LogP contribution is -2.12. The van der Waals surface area contributed by atoms with Crippen molar-refractivity contribution in [2.24, 2.45) is 0 Å². The van der Waals surface area contributed by atoms with Crippen molar-refractivity contribution in [2.75, 3.05) is 6.61 Å². The summed E-state index contributed by atoms with van der Waals surface area (Å²) in [5.41, 5.74) is 2.71. The molecule has 2 aromatic carbocycles. The molecule has 0 radical (unpaired) electrons. The standard InChI is InChI=1S/C15H16O/c1-11-4-2-6-13-12(11)5-3-7-14(13)15(10-16)8-9-15/h2-7,16H,8-10H2,1H3. The smallest absolute Gasteiger partial charge is 0.0528 e. The van der Waals surface area contributed by atoms with E-state index in [1.807, 2.05) is 0 Å². The molecule has 1 fully saturated rings. The van der Waals surface area contributed by atoms with Crippen LogP contribution in [0, 0.1) is 6.92 Å². The number of aliphatic hydroxyl groups excluding tert-OH is 1. The summed E-state index contributed by atoms with van der Waals surface area (Å²) in [4.78, 5) is 0. The van der Waals surface area contributed by atoms with Crippen LogP contribution < -0.4 is 0 Å². The number of aliphatic hydroxyl groups is 1. The number of rotatable bonds is 2. The van der Waals surface area contributed by atoms with Gasteiger partial charge in [0.05, 0.1) is 6.61 Å². The Hall–Kier alpha value is -1.34. The first-order valence-corrected chi connectivity index (χ1v) is 5.86. The average Bonchev–Trinajstić information content (AvgIpc) is 3.10. The molecule has 0 atom stereocenters. The molecular formula is C15H16O. The summed E-state index contributed by atoms with van der Waals surface area (Å²) in [6.45, 7) is 2.42. The number of aryl methyl sites for hydroxylation is 1. The monoisotopic (exact) mass is 212 g/mol. The molecule has 0 saturated heterocycles. The van der Waals surface area contributed by atoms with Crippen LogP contribution in [0.3, 0.4) is 0 Å². The zero-order valence-corrected chi connectivity index (χ0v) is 9.53. The maximum absolute atomic E-state index is 9.54. The van der Waals surface area contributed by atoms with Gasteiger partial charge < -0.3 is 5.11 Å². The molecule has 0 heterocycles. The summed E-state index contributed by atoms with van der Waals surface area (Å²) in [6, 6.07) is 12.9. The van der Waals surface area contributed by atoms with Gasteiger partial charge in [-0.3, -0.25) is 0 Å². The molecule has 0 amide bonds. The zero-order valence-electron chi connectivity index (χ0n) is 9.53. The Morgan fingerprint density at radius 3 is 2.44 bits per heavy atom. The highest BCUT2D eigenvalue weighted by atomic mass is 16.3. The van der Waals surface area contributed by atoms with Crippen molar-refractivity contribution in [2.45, 2.75) is 25.2 Å². The second-order valence-electron chi connectivity index (χ2n) is 4.91. The summed E-state index contributed by atoms with van der Waals surface area (Å²) in [5.74, 6) is 0. The van der Waals surface area contributed by atoms with Crippen molar-refractivity contribution in [3.05, 3.63) is 47.5 Å². The molecule has 0 unspecified atom stereocenters. The zero-order chi connectivity index (χ0) is 11.2. The van der Waals surface area contributed by atoms with Gasteiger partial charge in [0.1, 0.15) is 0 Å². The van der Waals surface area contributed by atoms with Crippen molar-refractivity contribution in [3.8, 4) is 0 Å². The number of hydrogen-bond donors (Lipinski definition) is 1. The minimum Gasteiger partial charge on any atom is -0.395 e. The maximum atomic E-state index is 9.54. The molecule has 0 aromatic heterocycles. The van der Waals surface area contributed by atoms with Crippen LogP contribution in [0.2, 0.25) is 0 Å². The van der Waals surface area contributed by atoms with Gasteiger partial charge in [-0.15, -0.1) is 0 Å². The van der Waals surface area contributed by atoms with E-state index in [0.717, 1.165) is 12.8 Å². The van der Waals surface area contributed by atoms with Crippen LogP contribution in [0.25, 0.3) is 10.8 Å². The molecule has 1 saturated carbocycles. The fraction of sp³-hybridized carbons (Fsp3) is 0.333.